The van der Waals surface area contributed by atoms with Gasteiger partial charge in [-0.3, -0.25) is 0 Å². The molecule has 0 spiro atoms. The molecule has 66 valence electrons. The van der Waals surface area contributed by atoms with Gasteiger partial charge in [0.1, 0.15) is 0 Å². The molecule has 0 aliphatic rings. The van der Waals surface area contributed by atoms with E-state index in [4.69, 9.17) is 0 Å². The second kappa shape index (κ2) is 3.66. The number of imidazole rings is 1. The van der Waals surface area contributed by atoms with Gasteiger partial charge < -0.3 is 4.57 Å². The minimum Gasteiger partial charge on any atom is -0.333 e. The quantitative estimate of drug-likeness (QED) is 0.719. The molecule has 0 fully saturated rings. The van der Waals surface area contributed by atoms with Gasteiger partial charge >= 0.3 is 0 Å². The average molecular weight is 190 g/mol. The Morgan fingerprint density at radius 1 is 1.31 bits per heavy atom. The number of hydrogen-bond donors (Lipinski definition) is 1. The van der Waals surface area contributed by atoms with E-state index in [-0.39, 0.29) is 0 Å². The number of nitrogens with zero attached hydrogens (tertiary/aromatic N) is 2. The molecule has 0 amide bonds. The lowest BCUT2D eigenvalue weighted by Crippen LogP contribution is -1.96. The minimum atomic E-state index is 0.833. The van der Waals surface area contributed by atoms with Crippen LogP contribution in [0.5, 0.6) is 0 Å². The molecule has 1 aromatic carbocycles. The highest BCUT2D eigenvalue weighted by atomic mass is 32.1. The number of aromatic nitrogens is 2. The number of hydrogen-bond acceptors (Lipinski definition) is 2. The first-order chi connectivity index (χ1) is 6.36. The Morgan fingerprint density at radius 3 is 2.85 bits per heavy atom. The smallest absolute Gasteiger partial charge is 0.0949 e. The third-order valence-corrected chi connectivity index (χ3v) is 2.34. The standard InChI is InChI=1S/C10H10N2S/c13-10-4-2-1-3-9(10)7-12-6-5-11-8-12/h1-6,8,13H,7H2. The minimum absolute atomic E-state index is 0.833. The van der Waals surface area contributed by atoms with Crippen LogP contribution < -0.4 is 0 Å². The Balaban J connectivity index is 2.24. The number of benzene rings is 1. The molecule has 0 unspecified atom stereocenters. The summed E-state index contributed by atoms with van der Waals surface area (Å²) >= 11 is 4.38. The van der Waals surface area contributed by atoms with Crippen molar-refractivity contribution in [2.45, 2.75) is 11.4 Å². The molecule has 0 saturated heterocycles. The lowest BCUT2D eigenvalue weighted by atomic mass is 10.2. The summed E-state index contributed by atoms with van der Waals surface area (Å²) in [5.74, 6) is 0. The summed E-state index contributed by atoms with van der Waals surface area (Å²) in [6.45, 7) is 0.833. The highest BCUT2D eigenvalue weighted by Gasteiger charge is 1.97. The van der Waals surface area contributed by atoms with Crippen molar-refractivity contribution in [1.82, 2.24) is 9.55 Å². The molecule has 1 heterocycles. The maximum atomic E-state index is 4.38. The predicted octanol–water partition coefficient (Wildman–Crippen LogP) is 2.22. The van der Waals surface area contributed by atoms with E-state index in [1.54, 1.807) is 12.5 Å². The molecule has 0 bridgehead atoms. The maximum Gasteiger partial charge on any atom is 0.0949 e. The van der Waals surface area contributed by atoms with E-state index in [0.29, 0.717) is 0 Å². The molecule has 2 aromatic rings. The van der Waals surface area contributed by atoms with Crippen LogP contribution >= 0.6 is 12.6 Å². The monoisotopic (exact) mass is 190 g/mol. The van der Waals surface area contributed by atoms with Crippen molar-refractivity contribution in [2.24, 2.45) is 0 Å². The lowest BCUT2D eigenvalue weighted by molar-refractivity contribution is 0.784. The van der Waals surface area contributed by atoms with E-state index in [2.05, 4.69) is 23.7 Å². The Morgan fingerprint density at radius 2 is 2.15 bits per heavy atom. The molecule has 3 heteroatoms. The summed E-state index contributed by atoms with van der Waals surface area (Å²) in [6.07, 6.45) is 5.53. The molecule has 2 nitrogen and oxygen atoms in total. The van der Waals surface area contributed by atoms with Gasteiger partial charge in [-0.05, 0) is 11.6 Å². The maximum absolute atomic E-state index is 4.38. The van der Waals surface area contributed by atoms with Crippen LogP contribution in [0, 0.1) is 0 Å². The van der Waals surface area contributed by atoms with E-state index in [1.165, 1.54) is 5.56 Å². The second-order valence-electron chi connectivity index (χ2n) is 2.86. The van der Waals surface area contributed by atoms with Crippen molar-refractivity contribution < 1.29 is 0 Å². The van der Waals surface area contributed by atoms with Crippen molar-refractivity contribution in [3.63, 3.8) is 0 Å². The van der Waals surface area contributed by atoms with Crippen molar-refractivity contribution in [1.29, 1.82) is 0 Å². The summed E-state index contributed by atoms with van der Waals surface area (Å²) in [7, 11) is 0. The molecule has 0 aliphatic heterocycles. The van der Waals surface area contributed by atoms with Gasteiger partial charge in [0.15, 0.2) is 0 Å². The molecule has 0 N–H and O–H groups in total. The predicted molar refractivity (Wildman–Crippen MR) is 55.0 cm³/mol. The van der Waals surface area contributed by atoms with Gasteiger partial charge in [0, 0.05) is 23.8 Å². The van der Waals surface area contributed by atoms with Crippen LogP contribution in [0.15, 0.2) is 47.9 Å². The highest BCUT2D eigenvalue weighted by molar-refractivity contribution is 7.80. The van der Waals surface area contributed by atoms with Gasteiger partial charge in [-0.25, -0.2) is 4.98 Å². The van der Waals surface area contributed by atoms with Gasteiger partial charge in [-0.15, -0.1) is 12.6 Å². The van der Waals surface area contributed by atoms with Gasteiger partial charge in [0.25, 0.3) is 0 Å². The third-order valence-electron chi connectivity index (χ3n) is 1.90. The van der Waals surface area contributed by atoms with Crippen LogP contribution in [0.25, 0.3) is 0 Å². The molecule has 0 saturated carbocycles. The molecule has 0 aliphatic carbocycles. The zero-order valence-corrected chi connectivity index (χ0v) is 7.98. The van der Waals surface area contributed by atoms with E-state index in [9.17, 15) is 0 Å². The van der Waals surface area contributed by atoms with Crippen molar-refractivity contribution in [3.8, 4) is 0 Å². The Hall–Kier alpha value is -1.22. The van der Waals surface area contributed by atoms with Gasteiger partial charge in [-0.2, -0.15) is 0 Å². The fourth-order valence-electron chi connectivity index (χ4n) is 1.22. The first kappa shape index (κ1) is 8.38. The van der Waals surface area contributed by atoms with Crippen LogP contribution in [0.4, 0.5) is 0 Å². The fourth-order valence-corrected chi connectivity index (χ4v) is 1.45. The summed E-state index contributed by atoms with van der Waals surface area (Å²) in [6, 6.07) is 8.07. The molecule has 13 heavy (non-hydrogen) atoms. The van der Waals surface area contributed by atoms with E-state index in [0.717, 1.165) is 11.4 Å². The zero-order valence-electron chi connectivity index (χ0n) is 7.09. The number of rotatable bonds is 2. The fraction of sp³-hybridized carbons (Fsp3) is 0.100. The first-order valence-corrected chi connectivity index (χ1v) is 4.53. The second-order valence-corrected chi connectivity index (χ2v) is 3.35. The Bertz CT molecular complexity index is 382. The van der Waals surface area contributed by atoms with Gasteiger partial charge in [-0.1, -0.05) is 18.2 Å². The summed E-state index contributed by atoms with van der Waals surface area (Å²) < 4.78 is 2.02. The van der Waals surface area contributed by atoms with Crippen LogP contribution in [0.3, 0.4) is 0 Å². The van der Waals surface area contributed by atoms with E-state index < -0.39 is 0 Å². The third kappa shape index (κ3) is 1.92. The van der Waals surface area contributed by atoms with Crippen molar-refractivity contribution >= 4 is 12.6 Å². The number of thiol groups is 1. The van der Waals surface area contributed by atoms with Crippen LogP contribution in [0.2, 0.25) is 0 Å². The Kier molecular flexibility index (Phi) is 2.36. The highest BCUT2D eigenvalue weighted by Crippen LogP contribution is 2.13. The average Bonchev–Trinajstić information content (AvgIpc) is 2.61. The van der Waals surface area contributed by atoms with E-state index in [1.807, 2.05) is 29.0 Å². The van der Waals surface area contributed by atoms with Crippen LogP contribution in [0.1, 0.15) is 5.56 Å². The summed E-state index contributed by atoms with van der Waals surface area (Å²) in [5.41, 5.74) is 1.21. The molecular weight excluding hydrogens is 180 g/mol. The Labute approximate surface area is 82.6 Å². The van der Waals surface area contributed by atoms with Crippen molar-refractivity contribution in [3.05, 3.63) is 48.5 Å². The van der Waals surface area contributed by atoms with E-state index >= 15 is 0 Å². The molecular formula is C10H10N2S. The first-order valence-electron chi connectivity index (χ1n) is 4.09. The molecule has 1 aromatic heterocycles. The van der Waals surface area contributed by atoms with Gasteiger partial charge in [0.05, 0.1) is 6.33 Å². The molecule has 2 rings (SSSR count). The largest absolute Gasteiger partial charge is 0.333 e. The molecule has 0 radical (unpaired) electrons. The lowest BCUT2D eigenvalue weighted by Gasteiger charge is -2.04. The van der Waals surface area contributed by atoms with Crippen molar-refractivity contribution in [2.75, 3.05) is 0 Å². The normalized spacial score (nSPS) is 10.2. The SMILES string of the molecule is Sc1ccccc1Cn1ccnc1. The van der Waals surface area contributed by atoms with Crippen LogP contribution in [-0.4, -0.2) is 9.55 Å². The summed E-state index contributed by atoms with van der Waals surface area (Å²) in [5, 5.41) is 0. The van der Waals surface area contributed by atoms with Gasteiger partial charge in [0.2, 0.25) is 0 Å². The van der Waals surface area contributed by atoms with Crippen LogP contribution in [-0.2, 0) is 6.54 Å². The zero-order chi connectivity index (χ0) is 9.10. The molecule has 0 atom stereocenters. The summed E-state index contributed by atoms with van der Waals surface area (Å²) in [4.78, 5) is 5.01. The topological polar surface area (TPSA) is 17.8 Å².